The van der Waals surface area contributed by atoms with Crippen molar-refractivity contribution >= 4 is 21.7 Å². The summed E-state index contributed by atoms with van der Waals surface area (Å²) in [7, 11) is 3.44. The number of aryl methyl sites for hydroxylation is 1. The SMILES string of the molecule is CCCc1nc(Br)cc(N2CC(OC)C(OC)C2)n1. The Kier molecular flexibility index (Phi) is 5.13. The van der Waals surface area contributed by atoms with Gasteiger partial charge in [0.05, 0.1) is 0 Å². The van der Waals surface area contributed by atoms with Crippen LogP contribution in [0, 0.1) is 0 Å². The molecule has 0 N–H and O–H groups in total. The molecule has 106 valence electrons. The second-order valence-electron chi connectivity index (χ2n) is 4.67. The van der Waals surface area contributed by atoms with Crippen molar-refractivity contribution in [1.82, 2.24) is 9.97 Å². The van der Waals surface area contributed by atoms with E-state index >= 15 is 0 Å². The standard InChI is InChI=1S/C13H20BrN3O2/c1-4-5-12-15-11(14)6-13(16-12)17-7-9(18-2)10(8-17)19-3/h6,9-10H,4-5,7-8H2,1-3H3. The van der Waals surface area contributed by atoms with Crippen LogP contribution in [0.4, 0.5) is 5.82 Å². The molecule has 19 heavy (non-hydrogen) atoms. The molecule has 0 radical (unpaired) electrons. The molecule has 1 saturated heterocycles. The van der Waals surface area contributed by atoms with Crippen LogP contribution in [0.25, 0.3) is 0 Å². The van der Waals surface area contributed by atoms with Crippen LogP contribution >= 0.6 is 15.9 Å². The zero-order valence-corrected chi connectivity index (χ0v) is 13.2. The Hall–Kier alpha value is -0.720. The predicted molar refractivity (Wildman–Crippen MR) is 77.5 cm³/mol. The molecule has 1 aliphatic heterocycles. The van der Waals surface area contributed by atoms with Crippen molar-refractivity contribution in [3.63, 3.8) is 0 Å². The minimum Gasteiger partial charge on any atom is -0.377 e. The van der Waals surface area contributed by atoms with Crippen LogP contribution in [0.5, 0.6) is 0 Å². The van der Waals surface area contributed by atoms with Gasteiger partial charge in [-0.2, -0.15) is 0 Å². The second kappa shape index (κ2) is 6.63. The van der Waals surface area contributed by atoms with Gasteiger partial charge in [0, 0.05) is 39.8 Å². The van der Waals surface area contributed by atoms with Gasteiger partial charge in [-0.05, 0) is 22.4 Å². The van der Waals surface area contributed by atoms with Crippen LogP contribution in [0.15, 0.2) is 10.7 Å². The van der Waals surface area contributed by atoms with Crippen molar-refractivity contribution in [2.45, 2.75) is 32.0 Å². The molecule has 0 spiro atoms. The summed E-state index contributed by atoms with van der Waals surface area (Å²) in [5.74, 6) is 1.81. The first kappa shape index (κ1) is 14.7. The highest BCUT2D eigenvalue weighted by Gasteiger charge is 2.33. The molecule has 1 aromatic rings. The molecule has 1 aliphatic rings. The number of nitrogens with zero attached hydrogens (tertiary/aromatic N) is 3. The number of hydrogen-bond acceptors (Lipinski definition) is 5. The third kappa shape index (κ3) is 3.43. The van der Waals surface area contributed by atoms with Gasteiger partial charge in [0.25, 0.3) is 0 Å². The summed E-state index contributed by atoms with van der Waals surface area (Å²) in [6.07, 6.45) is 2.11. The van der Waals surface area contributed by atoms with Crippen molar-refractivity contribution in [2.75, 3.05) is 32.2 Å². The zero-order chi connectivity index (χ0) is 13.8. The van der Waals surface area contributed by atoms with Crippen molar-refractivity contribution in [3.05, 3.63) is 16.5 Å². The Morgan fingerprint density at radius 1 is 1.26 bits per heavy atom. The smallest absolute Gasteiger partial charge is 0.133 e. The third-order valence-electron chi connectivity index (χ3n) is 3.35. The molecule has 0 aliphatic carbocycles. The van der Waals surface area contributed by atoms with Crippen LogP contribution in [0.3, 0.4) is 0 Å². The lowest BCUT2D eigenvalue weighted by Gasteiger charge is -2.17. The maximum Gasteiger partial charge on any atom is 0.133 e. The van der Waals surface area contributed by atoms with E-state index in [4.69, 9.17) is 9.47 Å². The van der Waals surface area contributed by atoms with Gasteiger partial charge in [-0.25, -0.2) is 9.97 Å². The number of anilines is 1. The number of methoxy groups -OCH3 is 2. The molecule has 2 atom stereocenters. The summed E-state index contributed by atoms with van der Waals surface area (Å²) < 4.78 is 11.7. The number of aromatic nitrogens is 2. The number of hydrogen-bond donors (Lipinski definition) is 0. The van der Waals surface area contributed by atoms with Crippen LogP contribution in [-0.4, -0.2) is 49.5 Å². The number of halogens is 1. The Balaban J connectivity index is 2.18. The molecular weight excluding hydrogens is 310 g/mol. The molecule has 0 bridgehead atoms. The van der Waals surface area contributed by atoms with E-state index in [2.05, 4.69) is 37.7 Å². The molecule has 0 aromatic carbocycles. The molecule has 2 unspecified atom stereocenters. The average Bonchev–Trinajstić information content (AvgIpc) is 2.81. The van der Waals surface area contributed by atoms with Crippen molar-refractivity contribution < 1.29 is 9.47 Å². The van der Waals surface area contributed by atoms with Crippen molar-refractivity contribution in [2.24, 2.45) is 0 Å². The molecule has 1 fully saturated rings. The summed E-state index contributed by atoms with van der Waals surface area (Å²) >= 11 is 3.45. The topological polar surface area (TPSA) is 47.5 Å². The van der Waals surface area contributed by atoms with Crippen LogP contribution in [0.2, 0.25) is 0 Å². The van der Waals surface area contributed by atoms with Crippen LogP contribution < -0.4 is 4.90 Å². The average molecular weight is 330 g/mol. The minimum absolute atomic E-state index is 0.0911. The van der Waals surface area contributed by atoms with E-state index in [9.17, 15) is 0 Å². The molecule has 2 heterocycles. The molecule has 1 aromatic heterocycles. The second-order valence-corrected chi connectivity index (χ2v) is 5.48. The van der Waals surface area contributed by atoms with Gasteiger partial charge >= 0.3 is 0 Å². The first-order valence-corrected chi connectivity index (χ1v) is 7.31. The molecule has 0 saturated carbocycles. The van der Waals surface area contributed by atoms with Gasteiger partial charge in [0.1, 0.15) is 28.5 Å². The van der Waals surface area contributed by atoms with Crippen LogP contribution in [-0.2, 0) is 15.9 Å². The van der Waals surface area contributed by atoms with E-state index < -0.39 is 0 Å². The lowest BCUT2D eigenvalue weighted by Crippen LogP contribution is -2.27. The van der Waals surface area contributed by atoms with E-state index in [-0.39, 0.29) is 12.2 Å². The van der Waals surface area contributed by atoms with E-state index in [1.165, 1.54) is 0 Å². The fraction of sp³-hybridized carbons (Fsp3) is 0.692. The normalized spacial score (nSPS) is 23.1. The Labute approximate surface area is 122 Å². The lowest BCUT2D eigenvalue weighted by atomic mass is 10.3. The first-order valence-electron chi connectivity index (χ1n) is 6.52. The Morgan fingerprint density at radius 2 is 1.89 bits per heavy atom. The van der Waals surface area contributed by atoms with Gasteiger partial charge < -0.3 is 14.4 Å². The maximum absolute atomic E-state index is 5.45. The monoisotopic (exact) mass is 329 g/mol. The molecule has 2 rings (SSSR count). The van der Waals surface area contributed by atoms with E-state index in [0.29, 0.717) is 0 Å². The van der Waals surface area contributed by atoms with E-state index in [1.807, 2.05) is 6.07 Å². The predicted octanol–water partition coefficient (Wildman–Crippen LogP) is 2.04. The molecule has 5 nitrogen and oxygen atoms in total. The van der Waals surface area contributed by atoms with Gasteiger partial charge in [0.2, 0.25) is 0 Å². The fourth-order valence-corrected chi connectivity index (χ4v) is 2.74. The Morgan fingerprint density at radius 3 is 2.42 bits per heavy atom. The van der Waals surface area contributed by atoms with E-state index in [0.717, 1.165) is 42.2 Å². The third-order valence-corrected chi connectivity index (χ3v) is 3.75. The zero-order valence-electron chi connectivity index (χ0n) is 11.6. The van der Waals surface area contributed by atoms with Crippen molar-refractivity contribution in [3.8, 4) is 0 Å². The summed E-state index contributed by atoms with van der Waals surface area (Å²) in [6, 6.07) is 1.95. The molecule has 6 heteroatoms. The van der Waals surface area contributed by atoms with Crippen molar-refractivity contribution in [1.29, 1.82) is 0 Å². The molecule has 0 amide bonds. The highest BCUT2D eigenvalue weighted by Crippen LogP contribution is 2.24. The van der Waals surface area contributed by atoms with E-state index in [1.54, 1.807) is 14.2 Å². The molecular formula is C13H20BrN3O2. The van der Waals surface area contributed by atoms with Gasteiger partial charge in [-0.3, -0.25) is 0 Å². The lowest BCUT2D eigenvalue weighted by molar-refractivity contribution is -0.00461. The highest BCUT2D eigenvalue weighted by atomic mass is 79.9. The summed E-state index contributed by atoms with van der Waals surface area (Å²) in [6.45, 7) is 3.72. The summed E-state index contributed by atoms with van der Waals surface area (Å²) in [5.41, 5.74) is 0. The van der Waals surface area contributed by atoms with Gasteiger partial charge in [-0.15, -0.1) is 0 Å². The quantitative estimate of drug-likeness (QED) is 0.773. The fourth-order valence-electron chi connectivity index (χ4n) is 2.33. The number of rotatable bonds is 5. The van der Waals surface area contributed by atoms with Gasteiger partial charge in [-0.1, -0.05) is 6.92 Å². The maximum atomic E-state index is 5.45. The van der Waals surface area contributed by atoms with Gasteiger partial charge in [0.15, 0.2) is 0 Å². The summed E-state index contributed by atoms with van der Waals surface area (Å²) in [5, 5.41) is 0. The Bertz CT molecular complexity index is 418. The highest BCUT2D eigenvalue weighted by molar-refractivity contribution is 9.10. The minimum atomic E-state index is 0.0911. The summed E-state index contributed by atoms with van der Waals surface area (Å²) in [4.78, 5) is 11.2. The first-order chi connectivity index (χ1) is 9.17. The van der Waals surface area contributed by atoms with Crippen LogP contribution in [0.1, 0.15) is 19.2 Å². The largest absolute Gasteiger partial charge is 0.377 e. The number of ether oxygens (including phenoxy) is 2.